The second-order valence-electron chi connectivity index (χ2n) is 5.30. The number of carboxylic acids is 1. The summed E-state index contributed by atoms with van der Waals surface area (Å²) in [4.78, 5) is 11.8. The highest BCUT2D eigenvalue weighted by Crippen LogP contribution is 2.39. The Hall–Kier alpha value is -1.39. The van der Waals surface area contributed by atoms with Crippen LogP contribution in [0.1, 0.15) is 48.5 Å². The molecule has 2 nitrogen and oxygen atoms in total. The fourth-order valence-corrected chi connectivity index (χ4v) is 4.95. The monoisotopic (exact) mass is 318 g/mol. The van der Waals surface area contributed by atoms with Gasteiger partial charge in [-0.1, -0.05) is 26.2 Å². The van der Waals surface area contributed by atoms with Gasteiger partial charge in [0, 0.05) is 5.39 Å². The maximum atomic E-state index is 11.8. The first-order chi connectivity index (χ1) is 10.2. The van der Waals surface area contributed by atoms with E-state index in [2.05, 4.69) is 18.4 Å². The maximum Gasteiger partial charge on any atom is 0.336 e. The van der Waals surface area contributed by atoms with Crippen molar-refractivity contribution >= 4 is 48.8 Å². The van der Waals surface area contributed by atoms with E-state index in [-0.39, 0.29) is 0 Å². The van der Waals surface area contributed by atoms with Crippen molar-refractivity contribution in [1.82, 2.24) is 0 Å². The summed E-state index contributed by atoms with van der Waals surface area (Å²) in [6.45, 7) is 2.19. The molecule has 0 spiro atoms. The van der Waals surface area contributed by atoms with Crippen LogP contribution in [-0.4, -0.2) is 11.1 Å². The Morgan fingerprint density at radius 1 is 1.05 bits per heavy atom. The van der Waals surface area contributed by atoms with Crippen LogP contribution in [0.25, 0.3) is 20.2 Å². The van der Waals surface area contributed by atoms with E-state index in [1.54, 1.807) is 22.7 Å². The Bertz CT molecular complexity index is 783. The summed E-state index contributed by atoms with van der Waals surface area (Å²) < 4.78 is 2.37. The van der Waals surface area contributed by atoms with Gasteiger partial charge in [-0.25, -0.2) is 4.79 Å². The quantitative estimate of drug-likeness (QED) is 0.571. The third kappa shape index (κ3) is 2.58. The van der Waals surface area contributed by atoms with Gasteiger partial charge >= 0.3 is 5.97 Å². The zero-order chi connectivity index (χ0) is 14.8. The second kappa shape index (κ2) is 6.16. The summed E-state index contributed by atoms with van der Waals surface area (Å²) in [5.74, 6) is -0.794. The summed E-state index contributed by atoms with van der Waals surface area (Å²) in [6, 6.07) is 4.04. The summed E-state index contributed by atoms with van der Waals surface area (Å²) >= 11 is 3.36. The summed E-state index contributed by atoms with van der Waals surface area (Å²) in [5, 5.41) is 15.8. The van der Waals surface area contributed by atoms with E-state index in [9.17, 15) is 9.90 Å². The number of hydrogen-bond donors (Lipinski definition) is 1. The molecular weight excluding hydrogens is 300 g/mol. The molecule has 110 valence electrons. The van der Waals surface area contributed by atoms with Gasteiger partial charge in [0.05, 0.1) is 15.0 Å². The molecule has 0 fully saturated rings. The predicted octanol–water partition coefficient (Wildman–Crippen LogP) is 5.94. The number of benzene rings is 1. The number of aryl methyl sites for hydroxylation is 1. The van der Waals surface area contributed by atoms with Crippen molar-refractivity contribution < 1.29 is 9.90 Å². The van der Waals surface area contributed by atoms with E-state index < -0.39 is 5.97 Å². The zero-order valence-corrected chi connectivity index (χ0v) is 13.6. The molecule has 0 radical (unpaired) electrons. The van der Waals surface area contributed by atoms with Crippen molar-refractivity contribution in [2.75, 3.05) is 0 Å². The van der Waals surface area contributed by atoms with Crippen molar-refractivity contribution in [2.24, 2.45) is 0 Å². The number of carboxylic acid groups (broad SMARTS) is 1. The van der Waals surface area contributed by atoms with Crippen LogP contribution in [0.2, 0.25) is 0 Å². The Kier molecular flexibility index (Phi) is 4.27. The predicted molar refractivity (Wildman–Crippen MR) is 92.0 cm³/mol. The molecule has 0 aliphatic rings. The van der Waals surface area contributed by atoms with E-state index in [4.69, 9.17) is 0 Å². The first kappa shape index (κ1) is 14.5. The van der Waals surface area contributed by atoms with Crippen LogP contribution in [-0.2, 0) is 6.42 Å². The van der Waals surface area contributed by atoms with Gasteiger partial charge in [0.2, 0.25) is 0 Å². The molecule has 1 aromatic carbocycles. The number of thiophene rings is 2. The van der Waals surface area contributed by atoms with Crippen molar-refractivity contribution in [1.29, 1.82) is 0 Å². The average Bonchev–Trinajstić information content (AvgIpc) is 3.10. The van der Waals surface area contributed by atoms with E-state index in [1.807, 2.05) is 11.4 Å². The molecule has 3 rings (SSSR count). The van der Waals surface area contributed by atoms with Gasteiger partial charge in [-0.05, 0) is 46.7 Å². The Morgan fingerprint density at radius 2 is 1.71 bits per heavy atom. The lowest BCUT2D eigenvalue weighted by atomic mass is 9.95. The highest BCUT2D eigenvalue weighted by molar-refractivity contribution is 7.25. The molecule has 21 heavy (non-hydrogen) atoms. The van der Waals surface area contributed by atoms with Gasteiger partial charge in [0.1, 0.15) is 0 Å². The first-order valence-electron chi connectivity index (χ1n) is 7.36. The van der Waals surface area contributed by atoms with Crippen LogP contribution in [0, 0.1) is 0 Å². The second-order valence-corrected chi connectivity index (χ2v) is 7.13. The van der Waals surface area contributed by atoms with E-state index in [0.717, 1.165) is 33.9 Å². The minimum atomic E-state index is -0.794. The third-order valence-corrected chi connectivity index (χ3v) is 5.92. The smallest absolute Gasteiger partial charge is 0.336 e. The number of rotatable bonds is 6. The molecule has 0 atom stereocenters. The van der Waals surface area contributed by atoms with Gasteiger partial charge in [-0.2, -0.15) is 0 Å². The molecule has 0 saturated carbocycles. The topological polar surface area (TPSA) is 37.3 Å². The fraction of sp³-hybridized carbons (Fsp3) is 0.353. The molecule has 0 bridgehead atoms. The highest BCUT2D eigenvalue weighted by Gasteiger charge is 2.20. The van der Waals surface area contributed by atoms with E-state index in [1.165, 1.54) is 24.0 Å². The normalized spacial score (nSPS) is 11.5. The van der Waals surface area contributed by atoms with Crippen LogP contribution >= 0.6 is 22.7 Å². The van der Waals surface area contributed by atoms with Crippen LogP contribution in [0.15, 0.2) is 22.9 Å². The van der Waals surface area contributed by atoms with Gasteiger partial charge in [0.15, 0.2) is 0 Å². The highest BCUT2D eigenvalue weighted by atomic mass is 32.1. The maximum absolute atomic E-state index is 11.8. The lowest BCUT2D eigenvalue weighted by molar-refractivity contribution is 0.0698. The van der Waals surface area contributed by atoms with E-state index >= 15 is 0 Å². The Labute approximate surface area is 132 Å². The largest absolute Gasteiger partial charge is 0.478 e. The van der Waals surface area contributed by atoms with E-state index in [0.29, 0.717) is 5.56 Å². The molecule has 0 aliphatic carbocycles. The molecule has 0 unspecified atom stereocenters. The van der Waals surface area contributed by atoms with Crippen LogP contribution in [0.3, 0.4) is 0 Å². The number of aromatic carboxylic acids is 1. The number of carbonyl (C=O) groups is 1. The van der Waals surface area contributed by atoms with Crippen LogP contribution in [0.4, 0.5) is 0 Å². The Balaban J connectivity index is 2.15. The van der Waals surface area contributed by atoms with Crippen LogP contribution in [0.5, 0.6) is 0 Å². The van der Waals surface area contributed by atoms with Crippen LogP contribution < -0.4 is 0 Å². The van der Waals surface area contributed by atoms with Crippen molar-refractivity contribution in [3.63, 3.8) is 0 Å². The zero-order valence-electron chi connectivity index (χ0n) is 12.0. The first-order valence-corrected chi connectivity index (χ1v) is 9.12. The van der Waals surface area contributed by atoms with Gasteiger partial charge < -0.3 is 5.11 Å². The van der Waals surface area contributed by atoms with Crippen molar-refractivity contribution in [2.45, 2.75) is 39.0 Å². The lowest BCUT2D eigenvalue weighted by Crippen LogP contribution is -2.04. The Morgan fingerprint density at radius 3 is 2.38 bits per heavy atom. The van der Waals surface area contributed by atoms with Gasteiger partial charge in [0.25, 0.3) is 0 Å². The SMILES string of the molecule is CCCCCCc1c(C(=O)O)c2ccsc2c2sccc12. The lowest BCUT2D eigenvalue weighted by Gasteiger charge is -2.10. The minimum absolute atomic E-state index is 0.522. The minimum Gasteiger partial charge on any atom is -0.478 e. The summed E-state index contributed by atoms with van der Waals surface area (Å²) in [5.41, 5.74) is 1.55. The molecular formula is C17H18O2S2. The number of unbranched alkanes of at least 4 members (excludes halogenated alkanes) is 3. The fourth-order valence-electron chi connectivity index (χ4n) is 2.93. The van der Waals surface area contributed by atoms with Gasteiger partial charge in [-0.3, -0.25) is 0 Å². The molecule has 0 amide bonds. The van der Waals surface area contributed by atoms with Crippen molar-refractivity contribution in [3.05, 3.63) is 34.0 Å². The standard InChI is InChI=1S/C17H18O2S2/c1-2-3-4-5-6-11-12-7-9-20-15(12)16-13(8-10-21-16)14(11)17(18)19/h7-10H,2-6H2,1H3,(H,18,19). The third-order valence-electron chi connectivity index (χ3n) is 3.93. The number of hydrogen-bond acceptors (Lipinski definition) is 3. The molecule has 2 aromatic heterocycles. The number of fused-ring (bicyclic) bond motifs is 3. The molecule has 3 aromatic rings. The molecule has 0 saturated heterocycles. The summed E-state index contributed by atoms with van der Waals surface area (Å²) in [7, 11) is 0. The summed E-state index contributed by atoms with van der Waals surface area (Å²) in [6.07, 6.45) is 5.51. The average molecular weight is 318 g/mol. The molecule has 4 heteroatoms. The molecule has 0 aliphatic heterocycles. The molecule has 2 heterocycles. The molecule has 1 N–H and O–H groups in total. The van der Waals surface area contributed by atoms with Gasteiger partial charge in [-0.15, -0.1) is 22.7 Å². The van der Waals surface area contributed by atoms with Crippen molar-refractivity contribution in [3.8, 4) is 0 Å².